The van der Waals surface area contributed by atoms with Crippen LogP contribution < -0.4 is 5.32 Å². The Kier molecular flexibility index (Phi) is 4.96. The number of nitrogens with one attached hydrogen (secondary N) is 1. The van der Waals surface area contributed by atoms with Crippen LogP contribution in [0.3, 0.4) is 0 Å². The third-order valence-electron chi connectivity index (χ3n) is 2.89. The van der Waals surface area contributed by atoms with Crippen molar-refractivity contribution >= 4 is 11.3 Å². The van der Waals surface area contributed by atoms with Crippen LogP contribution in [0.4, 0.5) is 0 Å². The monoisotopic (exact) mass is 241 g/mol. The second-order valence-electron chi connectivity index (χ2n) is 4.73. The van der Waals surface area contributed by atoms with Gasteiger partial charge in [-0.3, -0.25) is 0 Å². The van der Waals surface area contributed by atoms with Crippen molar-refractivity contribution in [1.82, 2.24) is 5.32 Å². The predicted octanol–water partition coefficient (Wildman–Crippen LogP) is 3.48. The van der Waals surface area contributed by atoms with Gasteiger partial charge in [0.15, 0.2) is 0 Å². The van der Waals surface area contributed by atoms with E-state index >= 15 is 0 Å². The van der Waals surface area contributed by atoms with Crippen LogP contribution in [0, 0.1) is 6.92 Å². The average molecular weight is 241 g/mol. The van der Waals surface area contributed by atoms with Crippen molar-refractivity contribution in [2.75, 3.05) is 7.05 Å². The third-order valence-corrected chi connectivity index (χ3v) is 3.99. The molecule has 0 spiro atoms. The molecule has 16 heavy (non-hydrogen) atoms. The second-order valence-corrected chi connectivity index (χ2v) is 6.07. The van der Waals surface area contributed by atoms with Gasteiger partial charge in [0.2, 0.25) is 0 Å². The predicted molar refractivity (Wildman–Crippen MR) is 71.0 cm³/mol. The van der Waals surface area contributed by atoms with Crippen LogP contribution in [0.15, 0.2) is 6.07 Å². The summed E-state index contributed by atoms with van der Waals surface area (Å²) in [6, 6.07) is 2.25. The number of hydrogen-bond acceptors (Lipinski definition) is 3. The highest BCUT2D eigenvalue weighted by Gasteiger charge is 2.16. The number of hydrogen-bond donors (Lipinski definition) is 1. The molecule has 0 saturated carbocycles. The molecular formula is C13H23NOS. The van der Waals surface area contributed by atoms with Crippen molar-refractivity contribution in [1.29, 1.82) is 0 Å². The number of aryl methyl sites for hydroxylation is 1. The minimum atomic E-state index is -0.0163. The summed E-state index contributed by atoms with van der Waals surface area (Å²) in [5.41, 5.74) is 1.31. The molecule has 0 radical (unpaired) electrons. The lowest BCUT2D eigenvalue weighted by atomic mass is 10.1. The molecule has 0 amide bonds. The summed E-state index contributed by atoms with van der Waals surface area (Å²) >= 11 is 1.85. The van der Waals surface area contributed by atoms with Crippen LogP contribution in [-0.4, -0.2) is 12.6 Å². The van der Waals surface area contributed by atoms with Crippen LogP contribution >= 0.6 is 11.3 Å². The van der Waals surface area contributed by atoms with Crippen LogP contribution in [0.2, 0.25) is 0 Å². The molecule has 1 aromatic rings. The van der Waals surface area contributed by atoms with Crippen molar-refractivity contribution in [3.8, 4) is 0 Å². The van der Waals surface area contributed by atoms with Gasteiger partial charge in [-0.05, 0) is 45.9 Å². The fourth-order valence-corrected chi connectivity index (χ4v) is 2.43. The van der Waals surface area contributed by atoms with E-state index in [-0.39, 0.29) is 5.60 Å². The standard InChI is InChI=1S/C13H23NOS/c1-6-13(3,4)15-9-11-7-12(8-14-5)16-10(11)2/h7,14H,6,8-9H2,1-5H3. The minimum absolute atomic E-state index is 0.0163. The van der Waals surface area contributed by atoms with Crippen molar-refractivity contribution in [2.24, 2.45) is 0 Å². The van der Waals surface area contributed by atoms with Gasteiger partial charge in [0, 0.05) is 16.3 Å². The molecule has 1 rings (SSSR count). The van der Waals surface area contributed by atoms with Crippen LogP contribution in [0.25, 0.3) is 0 Å². The zero-order valence-corrected chi connectivity index (χ0v) is 11.8. The first-order valence-corrected chi connectivity index (χ1v) is 6.67. The van der Waals surface area contributed by atoms with Crippen LogP contribution in [0.5, 0.6) is 0 Å². The molecule has 1 heterocycles. The number of thiophene rings is 1. The van der Waals surface area contributed by atoms with E-state index in [1.807, 2.05) is 18.4 Å². The lowest BCUT2D eigenvalue weighted by molar-refractivity contribution is -0.0316. The maximum Gasteiger partial charge on any atom is 0.0734 e. The number of rotatable bonds is 6. The van der Waals surface area contributed by atoms with Crippen molar-refractivity contribution in [3.05, 3.63) is 21.4 Å². The Morgan fingerprint density at radius 2 is 2.12 bits per heavy atom. The molecule has 92 valence electrons. The highest BCUT2D eigenvalue weighted by Crippen LogP contribution is 2.24. The molecule has 3 heteroatoms. The average Bonchev–Trinajstić information content (AvgIpc) is 2.57. The molecule has 2 nitrogen and oxygen atoms in total. The minimum Gasteiger partial charge on any atom is -0.371 e. The molecule has 0 aliphatic rings. The van der Waals surface area contributed by atoms with Crippen molar-refractivity contribution < 1.29 is 4.74 Å². The SMILES string of the molecule is CCC(C)(C)OCc1cc(CNC)sc1C. The Bertz CT molecular complexity index is 331. The highest BCUT2D eigenvalue weighted by molar-refractivity contribution is 7.12. The topological polar surface area (TPSA) is 21.3 Å². The van der Waals surface area contributed by atoms with Crippen molar-refractivity contribution in [2.45, 2.75) is 52.9 Å². The largest absolute Gasteiger partial charge is 0.371 e. The third kappa shape index (κ3) is 3.89. The first kappa shape index (κ1) is 13.7. The van der Waals surface area contributed by atoms with E-state index in [0.29, 0.717) is 0 Å². The zero-order valence-electron chi connectivity index (χ0n) is 11.0. The summed E-state index contributed by atoms with van der Waals surface area (Å²) < 4.78 is 5.92. The Balaban J connectivity index is 2.60. The van der Waals surface area contributed by atoms with E-state index in [0.717, 1.165) is 19.6 Å². The van der Waals surface area contributed by atoms with Gasteiger partial charge in [0.25, 0.3) is 0 Å². The normalized spacial score (nSPS) is 12.1. The first-order valence-electron chi connectivity index (χ1n) is 5.85. The van der Waals surface area contributed by atoms with Gasteiger partial charge < -0.3 is 10.1 Å². The Morgan fingerprint density at radius 1 is 1.44 bits per heavy atom. The molecule has 1 aromatic heterocycles. The van der Waals surface area contributed by atoms with Gasteiger partial charge in [-0.15, -0.1) is 11.3 Å². The first-order chi connectivity index (χ1) is 7.48. The lowest BCUT2D eigenvalue weighted by Gasteiger charge is -2.23. The quantitative estimate of drug-likeness (QED) is 0.823. The summed E-state index contributed by atoms with van der Waals surface area (Å²) in [6.45, 7) is 10.3. The fourth-order valence-electron chi connectivity index (χ4n) is 1.37. The molecule has 0 aromatic carbocycles. The van der Waals surface area contributed by atoms with Gasteiger partial charge in [0.05, 0.1) is 12.2 Å². The highest BCUT2D eigenvalue weighted by atomic mass is 32.1. The fraction of sp³-hybridized carbons (Fsp3) is 0.692. The van der Waals surface area contributed by atoms with Crippen LogP contribution in [-0.2, 0) is 17.9 Å². The van der Waals surface area contributed by atoms with E-state index in [9.17, 15) is 0 Å². The Labute approximate surface area is 103 Å². The second kappa shape index (κ2) is 5.80. The van der Waals surface area contributed by atoms with Gasteiger partial charge in [-0.1, -0.05) is 6.92 Å². The molecule has 0 aliphatic carbocycles. The van der Waals surface area contributed by atoms with Gasteiger partial charge >= 0.3 is 0 Å². The molecule has 0 unspecified atom stereocenters. The van der Waals surface area contributed by atoms with Gasteiger partial charge in [-0.2, -0.15) is 0 Å². The van der Waals surface area contributed by atoms with Crippen molar-refractivity contribution in [3.63, 3.8) is 0 Å². The maximum absolute atomic E-state index is 5.92. The molecule has 0 fully saturated rings. The Morgan fingerprint density at radius 3 is 2.69 bits per heavy atom. The molecule has 0 saturated heterocycles. The molecule has 0 aliphatic heterocycles. The summed E-state index contributed by atoms with van der Waals surface area (Å²) in [6.07, 6.45) is 1.04. The summed E-state index contributed by atoms with van der Waals surface area (Å²) in [7, 11) is 1.98. The smallest absolute Gasteiger partial charge is 0.0734 e. The molecular weight excluding hydrogens is 218 g/mol. The Hall–Kier alpha value is -0.380. The van der Waals surface area contributed by atoms with E-state index in [1.54, 1.807) is 0 Å². The van der Waals surface area contributed by atoms with Gasteiger partial charge in [0.1, 0.15) is 0 Å². The molecule has 0 bridgehead atoms. The summed E-state index contributed by atoms with van der Waals surface area (Å²) in [5, 5.41) is 3.18. The van der Waals surface area contributed by atoms with Gasteiger partial charge in [-0.25, -0.2) is 0 Å². The molecule has 0 atom stereocenters. The van der Waals surface area contributed by atoms with Crippen LogP contribution in [0.1, 0.15) is 42.5 Å². The molecule has 1 N–H and O–H groups in total. The zero-order chi connectivity index (χ0) is 12.2. The van der Waals surface area contributed by atoms with E-state index in [4.69, 9.17) is 4.74 Å². The number of ether oxygens (including phenoxy) is 1. The lowest BCUT2D eigenvalue weighted by Crippen LogP contribution is -2.22. The summed E-state index contributed by atoms with van der Waals surface area (Å²) in [4.78, 5) is 2.75. The van der Waals surface area contributed by atoms with E-state index < -0.39 is 0 Å². The van der Waals surface area contributed by atoms with E-state index in [1.165, 1.54) is 15.3 Å². The summed E-state index contributed by atoms with van der Waals surface area (Å²) in [5.74, 6) is 0. The van der Waals surface area contributed by atoms with E-state index in [2.05, 4.69) is 39.1 Å². The maximum atomic E-state index is 5.92.